The second kappa shape index (κ2) is 11.1. The minimum absolute atomic E-state index is 0.0758. The number of anilines is 1. The van der Waals surface area contributed by atoms with Crippen LogP contribution in [0.4, 0.5) is 10.2 Å². The van der Waals surface area contributed by atoms with Crippen molar-refractivity contribution in [2.45, 2.75) is 26.8 Å². The van der Waals surface area contributed by atoms with E-state index in [9.17, 15) is 14.0 Å². The molecule has 0 saturated heterocycles. The maximum absolute atomic E-state index is 14.3. The monoisotopic (exact) mass is 500 g/mol. The van der Waals surface area contributed by atoms with E-state index in [0.717, 1.165) is 22.5 Å². The van der Waals surface area contributed by atoms with E-state index in [4.69, 9.17) is 9.84 Å². The van der Waals surface area contributed by atoms with E-state index in [2.05, 4.69) is 5.32 Å². The summed E-state index contributed by atoms with van der Waals surface area (Å²) in [6.07, 6.45) is 0. The Labute approximate surface area is 215 Å². The number of carbonyl (C=O) groups excluding carboxylic acids is 2. The Bertz CT molecular complexity index is 1400. The molecule has 0 bridgehead atoms. The van der Waals surface area contributed by atoms with Gasteiger partial charge in [-0.3, -0.25) is 9.59 Å². The number of hydrogen-bond acceptors (Lipinski definition) is 4. The van der Waals surface area contributed by atoms with Crippen molar-refractivity contribution in [2.24, 2.45) is 0 Å². The number of nitrogens with one attached hydrogen (secondary N) is 1. The standard InChI is InChI=1S/C29H29FN4O3/c1-19(2)33(29(36)24-12-8-9-13-25(24)30)18-26(35)31-28-27(21-10-6-5-7-11-21)20(3)32-34(28)22-14-16-23(37-4)17-15-22/h5-17,19H,18H2,1-4H3,(H,31,35). The van der Waals surface area contributed by atoms with Crippen LogP contribution in [0.15, 0.2) is 78.9 Å². The number of nitrogens with zero attached hydrogens (tertiary/aromatic N) is 3. The summed E-state index contributed by atoms with van der Waals surface area (Å²) in [6, 6.07) is 22.4. The molecule has 0 aliphatic heterocycles. The van der Waals surface area contributed by atoms with Crippen LogP contribution in [-0.2, 0) is 4.79 Å². The fraction of sp³-hybridized carbons (Fsp3) is 0.207. The minimum atomic E-state index is -0.627. The molecule has 7 nitrogen and oxygen atoms in total. The van der Waals surface area contributed by atoms with E-state index < -0.39 is 17.6 Å². The third-order valence-corrected chi connectivity index (χ3v) is 6.00. The number of rotatable bonds is 8. The van der Waals surface area contributed by atoms with Gasteiger partial charge in [-0.15, -0.1) is 0 Å². The molecule has 8 heteroatoms. The Morgan fingerprint density at radius 1 is 1.00 bits per heavy atom. The first-order chi connectivity index (χ1) is 17.8. The van der Waals surface area contributed by atoms with Crippen LogP contribution in [0.5, 0.6) is 5.75 Å². The second-order valence-electron chi connectivity index (χ2n) is 8.84. The first-order valence-corrected chi connectivity index (χ1v) is 11.9. The van der Waals surface area contributed by atoms with Gasteiger partial charge in [-0.2, -0.15) is 5.10 Å². The third kappa shape index (κ3) is 5.53. The van der Waals surface area contributed by atoms with Crippen LogP contribution in [0, 0.1) is 12.7 Å². The van der Waals surface area contributed by atoms with Gasteiger partial charge in [-0.05, 0) is 62.7 Å². The fourth-order valence-electron chi connectivity index (χ4n) is 4.11. The van der Waals surface area contributed by atoms with Crippen LogP contribution < -0.4 is 10.1 Å². The maximum atomic E-state index is 14.3. The van der Waals surface area contributed by atoms with Crippen molar-refractivity contribution in [3.8, 4) is 22.6 Å². The van der Waals surface area contributed by atoms with Crippen molar-refractivity contribution >= 4 is 17.6 Å². The number of carbonyl (C=O) groups is 2. The topological polar surface area (TPSA) is 76.5 Å². The molecule has 0 aliphatic rings. The van der Waals surface area contributed by atoms with E-state index in [0.29, 0.717) is 11.6 Å². The van der Waals surface area contributed by atoms with E-state index in [1.54, 1.807) is 31.7 Å². The molecule has 0 spiro atoms. The molecule has 190 valence electrons. The largest absolute Gasteiger partial charge is 0.497 e. The van der Waals surface area contributed by atoms with Gasteiger partial charge in [-0.1, -0.05) is 42.5 Å². The molecule has 0 aliphatic carbocycles. The summed E-state index contributed by atoms with van der Waals surface area (Å²) in [4.78, 5) is 27.8. The lowest BCUT2D eigenvalue weighted by molar-refractivity contribution is -0.117. The van der Waals surface area contributed by atoms with Gasteiger partial charge >= 0.3 is 0 Å². The number of amides is 2. The predicted octanol–water partition coefficient (Wildman–Crippen LogP) is 5.48. The van der Waals surface area contributed by atoms with Crippen LogP contribution in [0.25, 0.3) is 16.8 Å². The predicted molar refractivity (Wildman–Crippen MR) is 141 cm³/mol. The molecule has 0 saturated carbocycles. The van der Waals surface area contributed by atoms with Crippen molar-refractivity contribution in [3.05, 3.63) is 95.9 Å². The van der Waals surface area contributed by atoms with Gasteiger partial charge in [0.15, 0.2) is 0 Å². The Morgan fingerprint density at radius 3 is 2.27 bits per heavy atom. The lowest BCUT2D eigenvalue weighted by Crippen LogP contribution is -2.42. The summed E-state index contributed by atoms with van der Waals surface area (Å²) >= 11 is 0. The number of ether oxygens (including phenoxy) is 1. The first kappa shape index (κ1) is 25.6. The molecule has 3 aromatic carbocycles. The Hall–Kier alpha value is -4.46. The van der Waals surface area contributed by atoms with Gasteiger partial charge in [0, 0.05) is 11.6 Å². The van der Waals surface area contributed by atoms with Gasteiger partial charge in [-0.25, -0.2) is 9.07 Å². The zero-order valence-electron chi connectivity index (χ0n) is 21.2. The molecule has 1 N–H and O–H groups in total. The van der Waals surface area contributed by atoms with Gasteiger partial charge in [0.05, 0.1) is 24.1 Å². The van der Waals surface area contributed by atoms with Crippen LogP contribution >= 0.6 is 0 Å². The van der Waals surface area contributed by atoms with Crippen LogP contribution in [0.2, 0.25) is 0 Å². The van der Waals surface area contributed by atoms with Gasteiger partial charge in [0.2, 0.25) is 5.91 Å². The SMILES string of the molecule is COc1ccc(-n2nc(C)c(-c3ccccc3)c2NC(=O)CN(C(=O)c2ccccc2F)C(C)C)cc1. The molecule has 4 rings (SSSR count). The van der Waals surface area contributed by atoms with Crippen LogP contribution in [-0.4, -0.2) is 46.2 Å². The van der Waals surface area contributed by atoms with E-state index in [1.807, 2.05) is 61.5 Å². The van der Waals surface area contributed by atoms with Crippen LogP contribution in [0.1, 0.15) is 29.9 Å². The zero-order chi connectivity index (χ0) is 26.5. The molecule has 2 amide bonds. The lowest BCUT2D eigenvalue weighted by atomic mass is 10.1. The number of benzene rings is 3. The molecule has 0 radical (unpaired) electrons. The Balaban J connectivity index is 1.70. The molecule has 0 unspecified atom stereocenters. The average molecular weight is 501 g/mol. The summed E-state index contributed by atoms with van der Waals surface area (Å²) < 4.78 is 21.2. The van der Waals surface area contributed by atoms with Crippen LogP contribution in [0.3, 0.4) is 0 Å². The highest BCUT2D eigenvalue weighted by Crippen LogP contribution is 2.33. The second-order valence-corrected chi connectivity index (χ2v) is 8.84. The van der Waals surface area contributed by atoms with E-state index >= 15 is 0 Å². The van der Waals surface area contributed by atoms with E-state index in [-0.39, 0.29) is 18.2 Å². The molecule has 37 heavy (non-hydrogen) atoms. The molecular formula is C29H29FN4O3. The quantitative estimate of drug-likeness (QED) is 0.347. The summed E-state index contributed by atoms with van der Waals surface area (Å²) in [5, 5.41) is 7.68. The number of aryl methyl sites for hydroxylation is 1. The summed E-state index contributed by atoms with van der Waals surface area (Å²) in [7, 11) is 1.59. The van der Waals surface area contributed by atoms with Gasteiger partial charge in [0.25, 0.3) is 5.91 Å². The average Bonchev–Trinajstić information content (AvgIpc) is 3.22. The molecule has 4 aromatic rings. The Kier molecular flexibility index (Phi) is 7.67. The van der Waals surface area contributed by atoms with Gasteiger partial charge in [0.1, 0.15) is 23.9 Å². The maximum Gasteiger partial charge on any atom is 0.257 e. The summed E-state index contributed by atoms with van der Waals surface area (Å²) in [5.74, 6) is -0.434. The minimum Gasteiger partial charge on any atom is -0.497 e. The van der Waals surface area contributed by atoms with Crippen molar-refractivity contribution in [2.75, 3.05) is 19.0 Å². The zero-order valence-corrected chi connectivity index (χ0v) is 21.2. The Morgan fingerprint density at radius 2 is 1.65 bits per heavy atom. The van der Waals surface area contributed by atoms with Crippen molar-refractivity contribution in [1.29, 1.82) is 0 Å². The highest BCUT2D eigenvalue weighted by atomic mass is 19.1. The number of hydrogen-bond donors (Lipinski definition) is 1. The van der Waals surface area contributed by atoms with Crippen molar-refractivity contribution in [3.63, 3.8) is 0 Å². The molecule has 1 aromatic heterocycles. The summed E-state index contributed by atoms with van der Waals surface area (Å²) in [5.41, 5.74) is 3.03. The third-order valence-electron chi connectivity index (χ3n) is 6.00. The smallest absolute Gasteiger partial charge is 0.257 e. The van der Waals surface area contributed by atoms with E-state index in [1.165, 1.54) is 23.1 Å². The fourth-order valence-corrected chi connectivity index (χ4v) is 4.11. The number of methoxy groups -OCH3 is 1. The molecule has 0 atom stereocenters. The highest BCUT2D eigenvalue weighted by Gasteiger charge is 2.26. The normalized spacial score (nSPS) is 10.9. The van der Waals surface area contributed by atoms with Gasteiger partial charge < -0.3 is 15.0 Å². The molecule has 0 fully saturated rings. The first-order valence-electron chi connectivity index (χ1n) is 11.9. The highest BCUT2D eigenvalue weighted by molar-refractivity contribution is 6.01. The molecular weight excluding hydrogens is 471 g/mol. The lowest BCUT2D eigenvalue weighted by Gasteiger charge is -2.26. The van der Waals surface area contributed by atoms with Crippen molar-refractivity contribution in [1.82, 2.24) is 14.7 Å². The van der Waals surface area contributed by atoms with Crippen molar-refractivity contribution < 1.29 is 18.7 Å². The number of aromatic nitrogens is 2. The molecule has 1 heterocycles. The number of halogens is 1. The summed E-state index contributed by atoms with van der Waals surface area (Å²) in [6.45, 7) is 5.19.